The zero-order valence-corrected chi connectivity index (χ0v) is 12.1. The molecule has 0 unspecified atom stereocenters. The first kappa shape index (κ1) is 15.0. The van der Waals surface area contributed by atoms with E-state index in [4.69, 9.17) is 0 Å². The molecule has 0 spiro atoms. The summed E-state index contributed by atoms with van der Waals surface area (Å²) in [6.07, 6.45) is 3.21. The van der Waals surface area contributed by atoms with E-state index in [1.165, 1.54) is 18.8 Å². The van der Waals surface area contributed by atoms with Crippen LogP contribution in [0.2, 0.25) is 0 Å². The number of nitrogens with one attached hydrogen (secondary N) is 2. The quantitative estimate of drug-likeness (QED) is 0.664. The molecule has 0 aliphatic carbocycles. The van der Waals surface area contributed by atoms with Crippen LogP contribution in [0.1, 0.15) is 10.8 Å². The second-order valence-electron chi connectivity index (χ2n) is 4.01. The van der Waals surface area contributed by atoms with Crippen LogP contribution in [0.5, 0.6) is 0 Å². The summed E-state index contributed by atoms with van der Waals surface area (Å²) in [7, 11) is 1.45. The van der Waals surface area contributed by atoms with E-state index in [2.05, 4.69) is 20.6 Å². The molecule has 6 nitrogen and oxygen atoms in total. The van der Waals surface area contributed by atoms with Gasteiger partial charge in [-0.25, -0.2) is 14.8 Å². The van der Waals surface area contributed by atoms with E-state index in [0.29, 0.717) is 5.16 Å². The van der Waals surface area contributed by atoms with E-state index in [9.17, 15) is 9.59 Å². The summed E-state index contributed by atoms with van der Waals surface area (Å²) in [5, 5.41) is 4.50. The van der Waals surface area contributed by atoms with Gasteiger partial charge in [-0.3, -0.25) is 10.1 Å². The molecular formula is C14H14N4O2S. The van der Waals surface area contributed by atoms with Gasteiger partial charge < -0.3 is 5.32 Å². The van der Waals surface area contributed by atoms with Crippen molar-refractivity contribution >= 4 is 23.7 Å². The fraction of sp³-hybridized carbons (Fsp3) is 0.143. The number of hydrogen-bond acceptors (Lipinski definition) is 5. The van der Waals surface area contributed by atoms with Crippen molar-refractivity contribution in [2.75, 3.05) is 7.05 Å². The number of urea groups is 1. The lowest BCUT2D eigenvalue weighted by molar-refractivity contribution is -0.119. The van der Waals surface area contributed by atoms with Gasteiger partial charge in [-0.05, 0) is 11.6 Å². The first-order chi connectivity index (χ1) is 10.2. The van der Waals surface area contributed by atoms with E-state index >= 15 is 0 Å². The minimum absolute atomic E-state index is 0.419. The number of hydrogen-bond donors (Lipinski definition) is 2. The van der Waals surface area contributed by atoms with Crippen molar-refractivity contribution in [2.24, 2.45) is 0 Å². The maximum Gasteiger partial charge on any atom is 0.321 e. The Kier molecular flexibility index (Phi) is 5.28. The zero-order chi connectivity index (χ0) is 15.1. The molecule has 0 fully saturated rings. The Morgan fingerprint density at radius 3 is 2.38 bits per heavy atom. The Labute approximate surface area is 126 Å². The van der Waals surface area contributed by atoms with Crippen LogP contribution >= 0.6 is 11.8 Å². The fourth-order valence-corrected chi connectivity index (χ4v) is 2.51. The Bertz CT molecular complexity index is 607. The fourth-order valence-electron chi connectivity index (χ4n) is 1.59. The third-order valence-corrected chi connectivity index (χ3v) is 3.71. The second kappa shape index (κ2) is 7.39. The third-order valence-electron chi connectivity index (χ3n) is 2.57. The number of amides is 3. The van der Waals surface area contributed by atoms with Crippen LogP contribution in [0.15, 0.2) is 53.9 Å². The maximum atomic E-state index is 12.3. The van der Waals surface area contributed by atoms with Crippen LogP contribution in [0, 0.1) is 0 Å². The molecule has 0 saturated carbocycles. The molecule has 2 N–H and O–H groups in total. The van der Waals surface area contributed by atoms with Crippen molar-refractivity contribution in [2.45, 2.75) is 10.4 Å². The van der Waals surface area contributed by atoms with Gasteiger partial charge in [0.1, 0.15) is 5.25 Å². The molecule has 1 atom stereocenters. The van der Waals surface area contributed by atoms with Crippen LogP contribution in [0.25, 0.3) is 0 Å². The smallest absolute Gasteiger partial charge is 0.321 e. The number of aromatic nitrogens is 2. The molecule has 2 rings (SSSR count). The van der Waals surface area contributed by atoms with Crippen molar-refractivity contribution in [1.82, 2.24) is 20.6 Å². The maximum absolute atomic E-state index is 12.3. The van der Waals surface area contributed by atoms with Crippen LogP contribution in [-0.4, -0.2) is 29.0 Å². The van der Waals surface area contributed by atoms with E-state index in [1.54, 1.807) is 18.5 Å². The molecule has 7 heteroatoms. The van der Waals surface area contributed by atoms with E-state index in [-0.39, 0.29) is 0 Å². The van der Waals surface area contributed by atoms with Gasteiger partial charge in [0.25, 0.3) is 0 Å². The summed E-state index contributed by atoms with van der Waals surface area (Å²) < 4.78 is 0. The van der Waals surface area contributed by atoms with E-state index in [0.717, 1.165) is 5.56 Å². The average Bonchev–Trinajstić information content (AvgIpc) is 2.54. The highest BCUT2D eigenvalue weighted by atomic mass is 32.2. The topological polar surface area (TPSA) is 84.0 Å². The average molecular weight is 302 g/mol. The zero-order valence-electron chi connectivity index (χ0n) is 11.3. The Morgan fingerprint density at radius 2 is 1.76 bits per heavy atom. The highest BCUT2D eigenvalue weighted by Crippen LogP contribution is 2.33. The van der Waals surface area contributed by atoms with Gasteiger partial charge in [0, 0.05) is 19.4 Å². The number of carbonyl (C=O) groups excluding carboxylic acids is 2. The lowest BCUT2D eigenvalue weighted by atomic mass is 10.1. The monoisotopic (exact) mass is 302 g/mol. The van der Waals surface area contributed by atoms with Crippen molar-refractivity contribution in [3.05, 3.63) is 54.4 Å². The Morgan fingerprint density at radius 1 is 1.10 bits per heavy atom. The summed E-state index contributed by atoms with van der Waals surface area (Å²) in [4.78, 5) is 31.8. The number of imide groups is 1. The van der Waals surface area contributed by atoms with Crippen molar-refractivity contribution in [3.63, 3.8) is 0 Å². The molecule has 108 valence electrons. The molecular weight excluding hydrogens is 288 g/mol. The SMILES string of the molecule is CNC(=O)NC(=O)[C@H](Sc1ncccn1)c1ccccc1. The predicted molar refractivity (Wildman–Crippen MR) is 79.7 cm³/mol. The van der Waals surface area contributed by atoms with Gasteiger partial charge in [-0.15, -0.1) is 0 Å². The lowest BCUT2D eigenvalue weighted by Gasteiger charge is -2.15. The third kappa shape index (κ3) is 4.28. The molecule has 1 aromatic heterocycles. The molecule has 2 aromatic rings. The molecule has 1 heterocycles. The largest absolute Gasteiger partial charge is 0.341 e. The Hall–Kier alpha value is -2.41. The van der Waals surface area contributed by atoms with Crippen molar-refractivity contribution in [3.8, 4) is 0 Å². The summed E-state index contributed by atoms with van der Waals surface area (Å²) in [6.45, 7) is 0. The minimum Gasteiger partial charge on any atom is -0.341 e. The van der Waals surface area contributed by atoms with Gasteiger partial charge in [-0.1, -0.05) is 42.1 Å². The lowest BCUT2D eigenvalue weighted by Crippen LogP contribution is -2.39. The summed E-state index contributed by atoms with van der Waals surface area (Å²) in [6, 6.07) is 10.3. The summed E-state index contributed by atoms with van der Waals surface area (Å²) in [5.41, 5.74) is 0.774. The number of rotatable bonds is 4. The van der Waals surface area contributed by atoms with Gasteiger partial charge in [-0.2, -0.15) is 0 Å². The molecule has 0 aliphatic rings. The van der Waals surface area contributed by atoms with Crippen LogP contribution < -0.4 is 10.6 Å². The molecule has 21 heavy (non-hydrogen) atoms. The van der Waals surface area contributed by atoms with Gasteiger partial charge in [0.05, 0.1) is 0 Å². The first-order valence-corrected chi connectivity index (χ1v) is 7.10. The number of nitrogens with zero attached hydrogens (tertiary/aromatic N) is 2. The molecule has 0 radical (unpaired) electrons. The standard InChI is InChI=1S/C14H14N4O2S/c1-15-13(20)18-12(19)11(10-6-3-2-4-7-10)21-14-16-8-5-9-17-14/h2-9,11H,1H3,(H2,15,18,19,20)/t11-/m1/s1. The number of thioether (sulfide) groups is 1. The van der Waals surface area contributed by atoms with Crippen molar-refractivity contribution in [1.29, 1.82) is 0 Å². The van der Waals surface area contributed by atoms with E-state index in [1.807, 2.05) is 30.3 Å². The molecule has 0 bridgehead atoms. The highest BCUT2D eigenvalue weighted by molar-refractivity contribution is 8.00. The second-order valence-corrected chi connectivity index (χ2v) is 5.08. The van der Waals surface area contributed by atoms with Crippen LogP contribution in [-0.2, 0) is 4.79 Å². The molecule has 0 saturated heterocycles. The minimum atomic E-state index is -0.606. The van der Waals surface area contributed by atoms with E-state index < -0.39 is 17.2 Å². The predicted octanol–water partition coefficient (Wildman–Crippen LogP) is 1.77. The molecule has 0 aliphatic heterocycles. The van der Waals surface area contributed by atoms with Gasteiger partial charge in [0.2, 0.25) is 5.91 Å². The molecule has 1 aromatic carbocycles. The van der Waals surface area contributed by atoms with Gasteiger partial charge in [0.15, 0.2) is 5.16 Å². The first-order valence-electron chi connectivity index (χ1n) is 6.22. The van der Waals surface area contributed by atoms with Crippen LogP contribution in [0.3, 0.4) is 0 Å². The molecule has 3 amide bonds. The van der Waals surface area contributed by atoms with Crippen molar-refractivity contribution < 1.29 is 9.59 Å². The highest BCUT2D eigenvalue weighted by Gasteiger charge is 2.24. The normalized spacial score (nSPS) is 11.5. The van der Waals surface area contributed by atoms with Crippen LogP contribution in [0.4, 0.5) is 4.79 Å². The number of carbonyl (C=O) groups is 2. The Balaban J connectivity index is 2.22. The van der Waals surface area contributed by atoms with Gasteiger partial charge >= 0.3 is 6.03 Å². The summed E-state index contributed by atoms with van der Waals surface area (Å²) in [5.74, 6) is -0.419. The summed E-state index contributed by atoms with van der Waals surface area (Å²) >= 11 is 1.19. The number of benzene rings is 1.